The van der Waals surface area contributed by atoms with Gasteiger partial charge in [-0.15, -0.1) is 0 Å². The quantitative estimate of drug-likeness (QED) is 0.230. The first kappa shape index (κ1) is 36.6. The third-order valence-electron chi connectivity index (χ3n) is 8.65. The average Bonchev–Trinajstić information content (AvgIpc) is 3.04. The van der Waals surface area contributed by atoms with Crippen LogP contribution in [-0.4, -0.2) is 65.9 Å². The fourth-order valence-electron chi connectivity index (χ4n) is 5.73. The van der Waals surface area contributed by atoms with E-state index in [2.05, 4.69) is 10.6 Å². The van der Waals surface area contributed by atoms with Crippen molar-refractivity contribution in [2.24, 2.45) is 11.8 Å². The van der Waals surface area contributed by atoms with Crippen LogP contribution in [0.1, 0.15) is 78.6 Å². The molecule has 0 unspecified atom stereocenters. The molecule has 3 aliphatic rings. The van der Waals surface area contributed by atoms with E-state index in [1.807, 2.05) is 6.08 Å². The van der Waals surface area contributed by atoms with Gasteiger partial charge < -0.3 is 25.2 Å². The summed E-state index contributed by atoms with van der Waals surface area (Å²) in [6.07, 6.45) is 18.1. The van der Waals surface area contributed by atoms with Gasteiger partial charge in [0.25, 0.3) is 0 Å². The second-order valence-corrected chi connectivity index (χ2v) is 12.3. The first-order valence-corrected chi connectivity index (χ1v) is 16.2. The minimum atomic E-state index is -0.968. The van der Waals surface area contributed by atoms with Crippen LogP contribution in [0.3, 0.4) is 0 Å². The molecule has 3 rings (SSSR count). The standard InChI is InChI=1S/C36H48N2O8/c1-23-14-13-17-27-20-28(39)21-30(34(27)42)38-32(40)22-29(45-4)18-11-6-5-7-12-19-31(24(2)33(23)41)46-36(44)25(3)37-35(43)26-15-9-8-10-16-26/h5-7,11-12,14,18,20-21,24-26,29,31,33,41H,8-10,13,15-17,19,22H2,1-4H3,(H,37,43)(H,38,40)/b6-5-,12-7-,18-11-,23-14-/t24-,25-,29+,31+,33+/m1/s1. The Morgan fingerprint density at radius 2 is 1.76 bits per heavy atom. The molecule has 3 N–H and O–H groups in total. The molecule has 5 atom stereocenters. The Morgan fingerprint density at radius 1 is 1.04 bits per heavy atom. The van der Waals surface area contributed by atoms with Crippen LogP contribution in [0.25, 0.3) is 0 Å². The molecular formula is C36H48N2O8. The van der Waals surface area contributed by atoms with E-state index in [-0.39, 0.29) is 35.9 Å². The van der Waals surface area contributed by atoms with Gasteiger partial charge in [0.05, 0.1) is 24.3 Å². The second-order valence-electron chi connectivity index (χ2n) is 12.3. The third-order valence-corrected chi connectivity index (χ3v) is 8.65. The van der Waals surface area contributed by atoms with Gasteiger partial charge in [-0.2, -0.15) is 0 Å². The van der Waals surface area contributed by atoms with Gasteiger partial charge in [-0.05, 0) is 51.2 Å². The molecule has 10 nitrogen and oxygen atoms in total. The number of hydrogen-bond donors (Lipinski definition) is 3. The van der Waals surface area contributed by atoms with Crippen molar-refractivity contribution in [3.8, 4) is 0 Å². The monoisotopic (exact) mass is 636 g/mol. The van der Waals surface area contributed by atoms with Crippen molar-refractivity contribution in [3.63, 3.8) is 0 Å². The highest BCUT2D eigenvalue weighted by molar-refractivity contribution is 6.21. The number of hydrogen-bond acceptors (Lipinski definition) is 8. The zero-order valence-corrected chi connectivity index (χ0v) is 27.3. The van der Waals surface area contributed by atoms with Gasteiger partial charge in [-0.1, -0.05) is 68.7 Å². The molecule has 0 radical (unpaired) electrons. The summed E-state index contributed by atoms with van der Waals surface area (Å²) in [6.45, 7) is 5.16. The average molecular weight is 637 g/mol. The topological polar surface area (TPSA) is 148 Å². The summed E-state index contributed by atoms with van der Waals surface area (Å²) in [7, 11) is 1.47. The first-order valence-electron chi connectivity index (χ1n) is 16.2. The molecule has 250 valence electrons. The van der Waals surface area contributed by atoms with Crippen molar-refractivity contribution in [1.82, 2.24) is 10.6 Å². The SMILES string of the molecule is CO[C@H]1\C=C/C=C\C=C/C[C@H](OC(=O)[C@@H](C)NC(=O)C2CCCCC2)[C@@H](C)[C@@H](O)/C(C)=C\CCC2=CC(=O)C=C(NC(=O)C1)C2=O. The molecule has 1 heterocycles. The van der Waals surface area contributed by atoms with Crippen LogP contribution in [0.5, 0.6) is 0 Å². The van der Waals surface area contributed by atoms with Crippen molar-refractivity contribution in [1.29, 1.82) is 0 Å². The number of ether oxygens (including phenoxy) is 2. The summed E-state index contributed by atoms with van der Waals surface area (Å²) in [5.74, 6) is -2.59. The predicted octanol–water partition coefficient (Wildman–Crippen LogP) is 4.26. The summed E-state index contributed by atoms with van der Waals surface area (Å²) in [4.78, 5) is 63.8. The van der Waals surface area contributed by atoms with E-state index in [4.69, 9.17) is 9.47 Å². The molecule has 10 heteroatoms. The highest BCUT2D eigenvalue weighted by Crippen LogP contribution is 2.25. The van der Waals surface area contributed by atoms with Crippen LogP contribution in [-0.2, 0) is 33.4 Å². The minimum Gasteiger partial charge on any atom is -0.460 e. The van der Waals surface area contributed by atoms with E-state index in [0.29, 0.717) is 18.4 Å². The fourth-order valence-corrected chi connectivity index (χ4v) is 5.73. The Balaban J connectivity index is 1.79. The number of Topliss-reactive ketones (excluding diaryl/α,β-unsaturated/α-hetero) is 1. The molecule has 0 aromatic carbocycles. The molecule has 0 aromatic heterocycles. The lowest BCUT2D eigenvalue weighted by atomic mass is 9.88. The van der Waals surface area contributed by atoms with Crippen molar-refractivity contribution in [2.45, 2.75) is 103 Å². The van der Waals surface area contributed by atoms with Crippen LogP contribution < -0.4 is 10.6 Å². The summed E-state index contributed by atoms with van der Waals surface area (Å²) >= 11 is 0. The number of aliphatic hydroxyl groups excluding tert-OH is 1. The maximum Gasteiger partial charge on any atom is 0.328 e. The number of carbonyl (C=O) groups is 5. The van der Waals surface area contributed by atoms with Crippen LogP contribution in [0.15, 0.2) is 71.5 Å². The summed E-state index contributed by atoms with van der Waals surface area (Å²) in [5, 5.41) is 16.6. The number of rotatable bonds is 5. The minimum absolute atomic E-state index is 0.0567. The van der Waals surface area contributed by atoms with Gasteiger partial charge in [0.1, 0.15) is 12.1 Å². The van der Waals surface area contributed by atoms with Crippen LogP contribution in [0.2, 0.25) is 0 Å². The molecular weight excluding hydrogens is 588 g/mol. The second kappa shape index (κ2) is 18.3. The van der Waals surface area contributed by atoms with Gasteiger partial charge in [-0.3, -0.25) is 19.2 Å². The zero-order valence-electron chi connectivity index (χ0n) is 27.3. The van der Waals surface area contributed by atoms with E-state index < -0.39 is 53.7 Å². The number of fused-ring (bicyclic) bond motifs is 2. The Kier molecular flexibility index (Phi) is 14.6. The lowest BCUT2D eigenvalue weighted by Gasteiger charge is -2.29. The third kappa shape index (κ3) is 11.2. The number of methoxy groups -OCH3 is 1. The van der Waals surface area contributed by atoms with Crippen molar-refractivity contribution in [3.05, 3.63) is 71.5 Å². The molecule has 2 amide bonds. The van der Waals surface area contributed by atoms with Crippen molar-refractivity contribution >= 4 is 29.4 Å². The van der Waals surface area contributed by atoms with Crippen molar-refractivity contribution in [2.75, 3.05) is 7.11 Å². The maximum atomic E-state index is 13.1. The van der Waals surface area contributed by atoms with Crippen LogP contribution in [0.4, 0.5) is 0 Å². The smallest absolute Gasteiger partial charge is 0.328 e. The molecule has 2 bridgehead atoms. The highest BCUT2D eigenvalue weighted by Gasteiger charge is 2.31. The normalized spacial score (nSPS) is 29.8. The number of carbonyl (C=O) groups excluding carboxylic acids is 5. The van der Waals surface area contributed by atoms with Gasteiger partial charge in [0.15, 0.2) is 5.78 Å². The summed E-state index contributed by atoms with van der Waals surface area (Å²) < 4.78 is 11.3. The Bertz CT molecular complexity index is 1310. The van der Waals surface area contributed by atoms with Crippen LogP contribution >= 0.6 is 0 Å². The molecule has 0 saturated heterocycles. The number of ketones is 2. The lowest BCUT2D eigenvalue weighted by Crippen LogP contribution is -2.45. The number of esters is 1. The van der Waals surface area contributed by atoms with E-state index in [0.717, 1.165) is 38.2 Å². The number of amides is 2. The first-order chi connectivity index (χ1) is 22.0. The fraction of sp³-hybridized carbons (Fsp3) is 0.528. The molecule has 2 aliphatic carbocycles. The van der Waals surface area contributed by atoms with E-state index in [1.165, 1.54) is 13.2 Å². The van der Waals surface area contributed by atoms with Crippen LogP contribution in [0, 0.1) is 11.8 Å². The Morgan fingerprint density at radius 3 is 2.48 bits per heavy atom. The van der Waals surface area contributed by atoms with E-state index >= 15 is 0 Å². The lowest BCUT2D eigenvalue weighted by molar-refractivity contribution is -0.156. The molecule has 46 heavy (non-hydrogen) atoms. The number of aliphatic hydroxyl groups is 1. The molecule has 0 spiro atoms. The number of nitrogens with one attached hydrogen (secondary N) is 2. The zero-order chi connectivity index (χ0) is 33.6. The van der Waals surface area contributed by atoms with Gasteiger partial charge >= 0.3 is 5.97 Å². The van der Waals surface area contributed by atoms with E-state index in [9.17, 15) is 29.1 Å². The molecule has 1 aliphatic heterocycles. The maximum absolute atomic E-state index is 13.1. The molecule has 1 fully saturated rings. The predicted molar refractivity (Wildman–Crippen MR) is 174 cm³/mol. The largest absolute Gasteiger partial charge is 0.460 e. The van der Waals surface area contributed by atoms with Gasteiger partial charge in [0, 0.05) is 37.0 Å². The number of allylic oxidation sites excluding steroid dienone is 8. The molecule has 1 saturated carbocycles. The van der Waals surface area contributed by atoms with E-state index in [1.54, 1.807) is 57.2 Å². The highest BCUT2D eigenvalue weighted by atomic mass is 16.5. The van der Waals surface area contributed by atoms with Gasteiger partial charge in [-0.25, -0.2) is 4.79 Å². The van der Waals surface area contributed by atoms with Gasteiger partial charge in [0.2, 0.25) is 17.6 Å². The molecule has 0 aromatic rings. The summed E-state index contributed by atoms with van der Waals surface area (Å²) in [6, 6.07) is -0.840. The van der Waals surface area contributed by atoms with Crippen molar-refractivity contribution < 1.29 is 38.6 Å². The Labute approximate surface area is 271 Å². The summed E-state index contributed by atoms with van der Waals surface area (Å²) in [5.41, 5.74) is 0.803. The Hall–Kier alpha value is -3.89.